The number of aliphatic hydroxyl groups is 1. The molecule has 210 valence electrons. The van der Waals surface area contributed by atoms with E-state index in [0.717, 1.165) is 11.5 Å². The number of fused-ring (bicyclic) bond motifs is 1. The van der Waals surface area contributed by atoms with Gasteiger partial charge in [0.05, 0.1) is 12.2 Å². The smallest absolute Gasteiger partial charge is 0.192 e. The van der Waals surface area contributed by atoms with Gasteiger partial charge in [0.2, 0.25) is 0 Å². The van der Waals surface area contributed by atoms with Gasteiger partial charge in [0.1, 0.15) is 0 Å². The lowest BCUT2D eigenvalue weighted by molar-refractivity contribution is 0.0907. The van der Waals surface area contributed by atoms with E-state index >= 15 is 0 Å². The van der Waals surface area contributed by atoms with Gasteiger partial charge in [0, 0.05) is 6.42 Å². The second kappa shape index (κ2) is 11.7. The van der Waals surface area contributed by atoms with Crippen LogP contribution in [0, 0.1) is 35.0 Å². The first-order valence-electron chi connectivity index (χ1n) is 15.2. The van der Waals surface area contributed by atoms with E-state index in [4.69, 9.17) is 4.43 Å². The third kappa shape index (κ3) is 6.82. The first-order valence-corrected chi connectivity index (χ1v) is 18.1. The standard InChI is InChI=1S/C34H58O2Si/c1-23(2)24(3)14-15-25(4)30-18-19-31-27(13-12-20-34(30,31)9)16-17-28-21-29(35)22-32(26(28)5)36-37(10,11)33(6,7)8/h14-17,23-25,29-32,35H,5,12-13,18-22H2,1-4,6-11H3/b15-14+,27-16?,28-17?/t24-,25+,29+,30+,31?,32-,34+/m0/s1. The van der Waals surface area contributed by atoms with Crippen LogP contribution in [0.5, 0.6) is 0 Å². The van der Waals surface area contributed by atoms with Crippen LogP contribution in [0.15, 0.2) is 47.6 Å². The van der Waals surface area contributed by atoms with Crippen LogP contribution in [0.1, 0.15) is 100 Å². The lowest BCUT2D eigenvalue weighted by atomic mass is 9.61. The van der Waals surface area contributed by atoms with Crippen LogP contribution < -0.4 is 0 Å². The summed E-state index contributed by atoms with van der Waals surface area (Å²) < 4.78 is 6.74. The van der Waals surface area contributed by atoms with Crippen molar-refractivity contribution in [3.05, 3.63) is 47.6 Å². The highest BCUT2D eigenvalue weighted by atomic mass is 28.4. The molecule has 0 aromatic heterocycles. The van der Waals surface area contributed by atoms with Crippen molar-refractivity contribution in [1.82, 2.24) is 0 Å². The largest absolute Gasteiger partial charge is 0.410 e. The van der Waals surface area contributed by atoms with E-state index in [1.54, 1.807) is 5.57 Å². The van der Waals surface area contributed by atoms with E-state index in [0.29, 0.717) is 41.9 Å². The molecule has 3 aliphatic carbocycles. The van der Waals surface area contributed by atoms with Crippen molar-refractivity contribution in [2.45, 2.75) is 131 Å². The fourth-order valence-corrected chi connectivity index (χ4v) is 8.25. The Morgan fingerprint density at radius 3 is 2.38 bits per heavy atom. The van der Waals surface area contributed by atoms with Gasteiger partial charge in [-0.15, -0.1) is 0 Å². The molecule has 3 saturated carbocycles. The summed E-state index contributed by atoms with van der Waals surface area (Å²) in [4.78, 5) is 0. The molecule has 0 aromatic carbocycles. The summed E-state index contributed by atoms with van der Waals surface area (Å²) in [6.45, 7) is 27.9. The fourth-order valence-electron chi connectivity index (χ4n) is 6.95. The van der Waals surface area contributed by atoms with Crippen LogP contribution in [-0.2, 0) is 4.43 Å². The Hall–Kier alpha value is -0.903. The Balaban J connectivity index is 1.78. The number of aliphatic hydroxyl groups excluding tert-OH is 1. The molecule has 3 aliphatic rings. The number of hydrogen-bond acceptors (Lipinski definition) is 2. The van der Waals surface area contributed by atoms with E-state index < -0.39 is 8.32 Å². The Kier molecular flexibility index (Phi) is 9.67. The SMILES string of the molecule is C=C1C(=CC=C2CCC[C@@]3(C)C2CC[C@@H]3[C@H](C)/C=C/[C@H](C)C(C)C)C[C@@H](O)C[C@@H]1O[Si](C)(C)C(C)(C)C. The molecule has 3 heteroatoms. The topological polar surface area (TPSA) is 29.5 Å². The van der Waals surface area contributed by atoms with Crippen LogP contribution in [0.2, 0.25) is 18.1 Å². The maximum atomic E-state index is 10.7. The Bertz CT molecular complexity index is 901. The van der Waals surface area contributed by atoms with Gasteiger partial charge in [0.15, 0.2) is 8.32 Å². The minimum atomic E-state index is -1.94. The van der Waals surface area contributed by atoms with E-state index in [2.05, 4.69) is 99.4 Å². The maximum Gasteiger partial charge on any atom is 0.192 e. The Morgan fingerprint density at radius 1 is 1.08 bits per heavy atom. The number of allylic oxidation sites excluding steroid dienone is 5. The van der Waals surface area contributed by atoms with Crippen LogP contribution in [0.25, 0.3) is 0 Å². The predicted octanol–water partition coefficient (Wildman–Crippen LogP) is 9.64. The van der Waals surface area contributed by atoms with Crippen molar-refractivity contribution >= 4 is 8.32 Å². The van der Waals surface area contributed by atoms with Crippen molar-refractivity contribution in [2.24, 2.45) is 35.0 Å². The van der Waals surface area contributed by atoms with Crippen molar-refractivity contribution in [3.8, 4) is 0 Å². The molecule has 0 spiro atoms. The van der Waals surface area contributed by atoms with Crippen LogP contribution >= 0.6 is 0 Å². The summed E-state index contributed by atoms with van der Waals surface area (Å²) >= 11 is 0. The summed E-state index contributed by atoms with van der Waals surface area (Å²) in [5.41, 5.74) is 4.30. The first kappa shape index (κ1) is 30.6. The normalized spacial score (nSPS) is 35.5. The molecule has 3 fully saturated rings. The highest BCUT2D eigenvalue weighted by Crippen LogP contribution is 2.59. The quantitative estimate of drug-likeness (QED) is 0.264. The summed E-state index contributed by atoms with van der Waals surface area (Å²) in [6.07, 6.45) is 17.2. The van der Waals surface area contributed by atoms with E-state index in [1.165, 1.54) is 37.7 Å². The third-order valence-corrected chi connectivity index (χ3v) is 15.4. The molecule has 0 amide bonds. The number of rotatable bonds is 7. The zero-order valence-electron chi connectivity index (χ0n) is 25.9. The Labute approximate surface area is 230 Å². The van der Waals surface area contributed by atoms with E-state index in [-0.39, 0.29) is 17.2 Å². The zero-order valence-corrected chi connectivity index (χ0v) is 26.9. The molecule has 0 bridgehead atoms. The van der Waals surface area contributed by atoms with Crippen molar-refractivity contribution in [1.29, 1.82) is 0 Å². The summed E-state index contributed by atoms with van der Waals surface area (Å²) in [5.74, 6) is 3.42. The molecule has 2 nitrogen and oxygen atoms in total. The zero-order chi connectivity index (χ0) is 27.8. The second-order valence-electron chi connectivity index (χ2n) is 14.9. The van der Waals surface area contributed by atoms with Crippen LogP contribution in [0.4, 0.5) is 0 Å². The van der Waals surface area contributed by atoms with Gasteiger partial charge in [-0.2, -0.15) is 0 Å². The molecular weight excluding hydrogens is 468 g/mol. The molecule has 0 saturated heterocycles. The van der Waals surface area contributed by atoms with E-state index in [9.17, 15) is 5.11 Å². The molecule has 0 aliphatic heterocycles. The highest BCUT2D eigenvalue weighted by molar-refractivity contribution is 6.74. The van der Waals surface area contributed by atoms with Crippen molar-refractivity contribution in [2.75, 3.05) is 0 Å². The van der Waals surface area contributed by atoms with E-state index in [1.807, 2.05) is 0 Å². The highest BCUT2D eigenvalue weighted by Gasteiger charge is 2.50. The average molecular weight is 527 g/mol. The fraction of sp³-hybridized carbons (Fsp3) is 0.765. The summed E-state index contributed by atoms with van der Waals surface area (Å²) in [5, 5.41) is 10.9. The van der Waals surface area contributed by atoms with Gasteiger partial charge in [-0.05, 0) is 103 Å². The van der Waals surface area contributed by atoms with Gasteiger partial charge in [-0.3, -0.25) is 0 Å². The van der Waals surface area contributed by atoms with Crippen LogP contribution in [-0.4, -0.2) is 25.6 Å². The Morgan fingerprint density at radius 2 is 1.76 bits per heavy atom. The van der Waals surface area contributed by atoms with Crippen LogP contribution in [0.3, 0.4) is 0 Å². The second-order valence-corrected chi connectivity index (χ2v) is 19.6. The first-order chi connectivity index (χ1) is 17.1. The molecule has 7 atom stereocenters. The molecule has 37 heavy (non-hydrogen) atoms. The molecule has 0 radical (unpaired) electrons. The summed E-state index contributed by atoms with van der Waals surface area (Å²) in [6, 6.07) is 0. The average Bonchev–Trinajstić information content (AvgIpc) is 3.14. The predicted molar refractivity (Wildman–Crippen MR) is 163 cm³/mol. The van der Waals surface area contributed by atoms with Gasteiger partial charge in [-0.1, -0.05) is 91.8 Å². The lowest BCUT2D eigenvalue weighted by Gasteiger charge is -2.44. The number of hydrogen-bond donors (Lipinski definition) is 1. The van der Waals surface area contributed by atoms with Crippen molar-refractivity contribution in [3.63, 3.8) is 0 Å². The summed E-state index contributed by atoms with van der Waals surface area (Å²) in [7, 11) is -1.94. The third-order valence-electron chi connectivity index (χ3n) is 10.9. The minimum Gasteiger partial charge on any atom is -0.410 e. The monoisotopic (exact) mass is 526 g/mol. The van der Waals surface area contributed by atoms with Gasteiger partial charge in [0.25, 0.3) is 0 Å². The molecule has 1 N–H and O–H groups in total. The molecule has 1 unspecified atom stereocenters. The maximum absolute atomic E-state index is 10.7. The van der Waals surface area contributed by atoms with Gasteiger partial charge < -0.3 is 9.53 Å². The lowest BCUT2D eigenvalue weighted by Crippen LogP contribution is -2.46. The molecular formula is C34H58O2Si. The minimum absolute atomic E-state index is 0.0670. The van der Waals surface area contributed by atoms with Gasteiger partial charge >= 0.3 is 0 Å². The van der Waals surface area contributed by atoms with Gasteiger partial charge in [-0.25, -0.2) is 0 Å². The molecule has 3 rings (SSSR count). The van der Waals surface area contributed by atoms with Crippen molar-refractivity contribution < 1.29 is 9.53 Å². The molecule has 0 aromatic rings. The molecule has 0 heterocycles.